The number of nitrogens with zero attached hydrogens (tertiary/aromatic N) is 1. The van der Waals surface area contributed by atoms with Gasteiger partial charge in [-0.2, -0.15) is 0 Å². The Bertz CT molecular complexity index is 579. The lowest BCUT2D eigenvalue weighted by Crippen LogP contribution is -2.11. The summed E-state index contributed by atoms with van der Waals surface area (Å²) in [6, 6.07) is 13.3. The van der Waals surface area contributed by atoms with E-state index in [1.807, 2.05) is 18.2 Å². The first-order valence-corrected chi connectivity index (χ1v) is 6.52. The Hall–Kier alpha value is -1.94. The molecule has 0 aliphatic heterocycles. The van der Waals surface area contributed by atoms with Crippen LogP contribution >= 0.6 is 12.2 Å². The van der Waals surface area contributed by atoms with Crippen LogP contribution in [0.25, 0.3) is 0 Å². The number of benzene rings is 1. The topological polar surface area (TPSA) is 48.1 Å². The Labute approximate surface area is 118 Å². The number of hydrogen-bond acceptors (Lipinski definition) is 3. The van der Waals surface area contributed by atoms with Crippen LogP contribution in [-0.2, 0) is 0 Å². The predicted molar refractivity (Wildman–Crippen MR) is 80.7 cm³/mol. The molecule has 1 aromatic carbocycles. The summed E-state index contributed by atoms with van der Waals surface area (Å²) < 4.78 is 5.68. The van der Waals surface area contributed by atoms with E-state index in [4.69, 9.17) is 22.7 Å². The van der Waals surface area contributed by atoms with Crippen molar-refractivity contribution in [1.82, 2.24) is 4.98 Å². The summed E-state index contributed by atoms with van der Waals surface area (Å²) in [5.74, 6) is 1.74. The summed E-state index contributed by atoms with van der Waals surface area (Å²) in [6.07, 6.45) is 0. The van der Waals surface area contributed by atoms with Crippen molar-refractivity contribution in [3.8, 4) is 11.6 Å². The first kappa shape index (κ1) is 13.5. The molecular formula is C15H16N2OS. The lowest BCUT2D eigenvalue weighted by molar-refractivity contribution is 0.462. The Kier molecular flexibility index (Phi) is 4.12. The van der Waals surface area contributed by atoms with E-state index >= 15 is 0 Å². The van der Waals surface area contributed by atoms with Gasteiger partial charge in [0.2, 0.25) is 5.88 Å². The normalized spacial score (nSPS) is 10.5. The summed E-state index contributed by atoms with van der Waals surface area (Å²) in [5.41, 5.74) is 7.38. The van der Waals surface area contributed by atoms with Crippen LogP contribution in [0.5, 0.6) is 11.6 Å². The zero-order valence-corrected chi connectivity index (χ0v) is 11.8. The molecule has 0 atom stereocenters. The van der Waals surface area contributed by atoms with Gasteiger partial charge >= 0.3 is 0 Å². The molecule has 0 unspecified atom stereocenters. The average Bonchev–Trinajstić information content (AvgIpc) is 2.39. The molecule has 0 radical (unpaired) electrons. The van der Waals surface area contributed by atoms with Crippen molar-refractivity contribution in [3.05, 3.63) is 53.7 Å². The number of rotatable bonds is 4. The monoisotopic (exact) mass is 272 g/mol. The molecular weight excluding hydrogens is 256 g/mol. The molecule has 2 N–H and O–H groups in total. The summed E-state index contributed by atoms with van der Waals surface area (Å²) in [4.78, 5) is 4.50. The highest BCUT2D eigenvalue weighted by Crippen LogP contribution is 2.22. The first-order chi connectivity index (χ1) is 9.06. The average molecular weight is 272 g/mol. The van der Waals surface area contributed by atoms with Crippen molar-refractivity contribution in [3.63, 3.8) is 0 Å². The van der Waals surface area contributed by atoms with E-state index in [0.717, 1.165) is 5.75 Å². The van der Waals surface area contributed by atoms with Crippen molar-refractivity contribution in [1.29, 1.82) is 0 Å². The third-order valence-electron chi connectivity index (χ3n) is 2.75. The van der Waals surface area contributed by atoms with Gasteiger partial charge < -0.3 is 10.5 Å². The summed E-state index contributed by atoms with van der Waals surface area (Å²) in [5, 5.41) is 0. The Morgan fingerprint density at radius 1 is 1.16 bits per heavy atom. The van der Waals surface area contributed by atoms with E-state index < -0.39 is 0 Å². The molecule has 0 saturated heterocycles. The predicted octanol–water partition coefficient (Wildman–Crippen LogP) is 3.63. The standard InChI is InChI=1S/C15H16N2OS/c1-10(2)11-6-8-12(9-7-11)18-14-5-3-4-13(17-14)15(16)19/h3-10H,1-2H3,(H2,16,19). The molecule has 0 bridgehead atoms. The lowest BCUT2D eigenvalue weighted by Gasteiger charge is -2.08. The van der Waals surface area contributed by atoms with Gasteiger partial charge in [-0.25, -0.2) is 4.98 Å². The number of ether oxygens (including phenoxy) is 1. The molecule has 1 heterocycles. The minimum atomic E-state index is 0.264. The molecule has 2 aromatic rings. The van der Waals surface area contributed by atoms with Crippen LogP contribution in [0.4, 0.5) is 0 Å². The second-order valence-electron chi connectivity index (χ2n) is 4.55. The van der Waals surface area contributed by atoms with Gasteiger partial charge in [-0.1, -0.05) is 44.3 Å². The molecule has 0 saturated carbocycles. The highest BCUT2D eigenvalue weighted by molar-refractivity contribution is 7.80. The van der Waals surface area contributed by atoms with Crippen LogP contribution in [0, 0.1) is 0 Å². The molecule has 0 aliphatic carbocycles. The van der Waals surface area contributed by atoms with E-state index in [0.29, 0.717) is 17.5 Å². The van der Waals surface area contributed by atoms with Gasteiger partial charge in [0.05, 0.1) is 0 Å². The number of aromatic nitrogens is 1. The largest absolute Gasteiger partial charge is 0.439 e. The minimum absolute atomic E-state index is 0.264. The first-order valence-electron chi connectivity index (χ1n) is 6.11. The van der Waals surface area contributed by atoms with Gasteiger partial charge in [0.15, 0.2) is 0 Å². The molecule has 0 spiro atoms. The van der Waals surface area contributed by atoms with Crippen molar-refractivity contribution >= 4 is 17.2 Å². The minimum Gasteiger partial charge on any atom is -0.439 e. The third-order valence-corrected chi connectivity index (χ3v) is 2.95. The highest BCUT2D eigenvalue weighted by atomic mass is 32.1. The zero-order valence-electron chi connectivity index (χ0n) is 11.0. The number of pyridine rings is 1. The highest BCUT2D eigenvalue weighted by Gasteiger charge is 2.03. The molecule has 0 fully saturated rings. The smallest absolute Gasteiger partial charge is 0.219 e. The van der Waals surface area contributed by atoms with Crippen molar-refractivity contribution in [2.45, 2.75) is 19.8 Å². The Morgan fingerprint density at radius 3 is 2.42 bits per heavy atom. The summed E-state index contributed by atoms with van der Waals surface area (Å²) >= 11 is 4.89. The van der Waals surface area contributed by atoms with E-state index in [-0.39, 0.29) is 4.99 Å². The number of nitrogens with two attached hydrogens (primary N) is 1. The molecule has 1 aromatic heterocycles. The van der Waals surface area contributed by atoms with E-state index in [9.17, 15) is 0 Å². The van der Waals surface area contributed by atoms with E-state index in [2.05, 4.69) is 31.0 Å². The van der Waals surface area contributed by atoms with Gasteiger partial charge in [-0.05, 0) is 29.7 Å². The second kappa shape index (κ2) is 5.80. The van der Waals surface area contributed by atoms with Gasteiger partial charge in [-0.3, -0.25) is 0 Å². The molecule has 0 amide bonds. The fourth-order valence-corrected chi connectivity index (χ4v) is 1.76. The van der Waals surface area contributed by atoms with Crippen molar-refractivity contribution in [2.75, 3.05) is 0 Å². The van der Waals surface area contributed by atoms with Gasteiger partial charge in [0.25, 0.3) is 0 Å². The summed E-state index contributed by atoms with van der Waals surface area (Å²) in [7, 11) is 0. The maximum absolute atomic E-state index is 5.68. The molecule has 3 nitrogen and oxygen atoms in total. The quantitative estimate of drug-likeness (QED) is 0.863. The maximum atomic E-state index is 5.68. The number of thiocarbonyl (C=S) groups is 1. The lowest BCUT2D eigenvalue weighted by atomic mass is 10.0. The molecule has 98 valence electrons. The molecule has 19 heavy (non-hydrogen) atoms. The SMILES string of the molecule is CC(C)c1ccc(Oc2cccc(C(N)=S)n2)cc1. The van der Waals surface area contributed by atoms with Crippen LogP contribution in [0.15, 0.2) is 42.5 Å². The molecule has 0 aliphatic rings. The molecule has 2 rings (SSSR count). The van der Waals surface area contributed by atoms with Crippen molar-refractivity contribution < 1.29 is 4.74 Å². The van der Waals surface area contributed by atoms with Gasteiger partial charge in [0.1, 0.15) is 16.4 Å². The van der Waals surface area contributed by atoms with Crippen LogP contribution in [0.3, 0.4) is 0 Å². The maximum Gasteiger partial charge on any atom is 0.219 e. The van der Waals surface area contributed by atoms with Crippen LogP contribution in [0.1, 0.15) is 31.0 Å². The Morgan fingerprint density at radius 2 is 1.84 bits per heavy atom. The fraction of sp³-hybridized carbons (Fsp3) is 0.200. The van der Waals surface area contributed by atoms with Crippen LogP contribution in [0.2, 0.25) is 0 Å². The molecule has 4 heteroatoms. The van der Waals surface area contributed by atoms with Gasteiger partial charge in [-0.15, -0.1) is 0 Å². The third kappa shape index (κ3) is 3.51. The number of hydrogen-bond donors (Lipinski definition) is 1. The van der Waals surface area contributed by atoms with Crippen LogP contribution < -0.4 is 10.5 Å². The second-order valence-corrected chi connectivity index (χ2v) is 4.99. The zero-order chi connectivity index (χ0) is 13.8. The fourth-order valence-electron chi connectivity index (χ4n) is 1.65. The summed E-state index contributed by atoms with van der Waals surface area (Å²) in [6.45, 7) is 4.31. The van der Waals surface area contributed by atoms with E-state index in [1.165, 1.54) is 5.56 Å². The van der Waals surface area contributed by atoms with Gasteiger partial charge in [0, 0.05) is 6.07 Å². The van der Waals surface area contributed by atoms with Crippen LogP contribution in [-0.4, -0.2) is 9.97 Å². The van der Waals surface area contributed by atoms with Crippen molar-refractivity contribution in [2.24, 2.45) is 5.73 Å². The Balaban J connectivity index is 2.16. The van der Waals surface area contributed by atoms with E-state index in [1.54, 1.807) is 12.1 Å².